The summed E-state index contributed by atoms with van der Waals surface area (Å²) >= 11 is 0. The molecule has 0 spiro atoms. The highest BCUT2D eigenvalue weighted by molar-refractivity contribution is 5.94. The molecule has 1 aromatic rings. The summed E-state index contributed by atoms with van der Waals surface area (Å²) in [6.07, 6.45) is 1.49. The Kier molecular flexibility index (Phi) is 16.0. The second kappa shape index (κ2) is 18.9. The van der Waals surface area contributed by atoms with Gasteiger partial charge in [0, 0.05) is 19.5 Å². The smallest absolute Gasteiger partial charge is 0.326 e. The van der Waals surface area contributed by atoms with Crippen molar-refractivity contribution in [2.24, 2.45) is 44.6 Å². The average molecular weight is 591 g/mol. The predicted octanol–water partition coefficient (Wildman–Crippen LogP) is -1.75. The zero-order valence-corrected chi connectivity index (χ0v) is 24.3. The van der Waals surface area contributed by atoms with Crippen molar-refractivity contribution < 1.29 is 24.3 Å². The number of hydrogen-bond donors (Lipinski definition) is 9. The van der Waals surface area contributed by atoms with Crippen LogP contribution in [0.5, 0.6) is 0 Å². The summed E-state index contributed by atoms with van der Waals surface area (Å²) in [5.74, 6) is -3.26. The minimum Gasteiger partial charge on any atom is -0.480 e. The number of aliphatic imine (C=N–C) groups is 2. The Balaban J connectivity index is 3.01. The maximum atomic E-state index is 13.4. The van der Waals surface area contributed by atoms with Crippen LogP contribution in [0.1, 0.15) is 51.5 Å². The molecule has 0 aromatic heterocycles. The molecule has 3 amide bonds. The lowest BCUT2D eigenvalue weighted by Gasteiger charge is -2.26. The molecule has 0 aliphatic carbocycles. The number of hydrogen-bond acceptors (Lipinski definition) is 7. The zero-order chi connectivity index (χ0) is 31.7. The molecule has 0 bridgehead atoms. The Morgan fingerprint density at radius 2 is 1.26 bits per heavy atom. The fraction of sp³-hybridized carbons (Fsp3) is 0.556. The summed E-state index contributed by atoms with van der Waals surface area (Å²) in [5.41, 5.74) is 28.1. The first-order chi connectivity index (χ1) is 19.8. The number of guanidine groups is 2. The molecule has 15 heteroatoms. The Labute approximate surface area is 246 Å². The Morgan fingerprint density at radius 1 is 0.762 bits per heavy atom. The molecule has 0 unspecified atom stereocenters. The number of nitrogens with one attached hydrogen (secondary N) is 3. The SMILES string of the molecule is CC(C)C[C@H](NC(=O)[C@H](CCCN=C(N)N)NC(=O)[C@@H](N)CCCN=C(N)N)C(=O)N[C@@H](Cc1ccccc1)C(=O)O. The number of carbonyl (C=O) groups excluding carboxylic acids is 3. The van der Waals surface area contributed by atoms with Crippen LogP contribution in [0.15, 0.2) is 40.3 Å². The molecule has 0 aliphatic heterocycles. The first-order valence-electron chi connectivity index (χ1n) is 13.8. The van der Waals surface area contributed by atoms with Crippen molar-refractivity contribution in [2.45, 2.75) is 76.5 Å². The van der Waals surface area contributed by atoms with E-state index in [4.69, 9.17) is 28.7 Å². The van der Waals surface area contributed by atoms with E-state index in [1.165, 1.54) is 0 Å². The van der Waals surface area contributed by atoms with Crippen molar-refractivity contribution in [1.82, 2.24) is 16.0 Å². The Morgan fingerprint density at radius 3 is 1.79 bits per heavy atom. The Bertz CT molecular complexity index is 1070. The van der Waals surface area contributed by atoms with E-state index in [0.29, 0.717) is 19.4 Å². The van der Waals surface area contributed by atoms with E-state index in [0.717, 1.165) is 5.56 Å². The molecule has 0 heterocycles. The van der Waals surface area contributed by atoms with Gasteiger partial charge in [0.1, 0.15) is 18.1 Å². The van der Waals surface area contributed by atoms with Crippen LogP contribution in [0.4, 0.5) is 0 Å². The van der Waals surface area contributed by atoms with Crippen molar-refractivity contribution in [1.29, 1.82) is 0 Å². The highest BCUT2D eigenvalue weighted by Crippen LogP contribution is 2.10. The highest BCUT2D eigenvalue weighted by Gasteiger charge is 2.30. The van der Waals surface area contributed by atoms with Crippen molar-refractivity contribution in [3.05, 3.63) is 35.9 Å². The lowest BCUT2D eigenvalue weighted by molar-refractivity contribution is -0.142. The molecule has 234 valence electrons. The third-order valence-electron chi connectivity index (χ3n) is 6.12. The minimum absolute atomic E-state index is 0.0213. The van der Waals surface area contributed by atoms with Crippen LogP contribution < -0.4 is 44.6 Å². The van der Waals surface area contributed by atoms with Crippen molar-refractivity contribution in [3.63, 3.8) is 0 Å². The summed E-state index contributed by atoms with van der Waals surface area (Å²) in [4.78, 5) is 59.1. The summed E-state index contributed by atoms with van der Waals surface area (Å²) in [6.45, 7) is 4.23. The molecule has 42 heavy (non-hydrogen) atoms. The van der Waals surface area contributed by atoms with Gasteiger partial charge in [-0.25, -0.2) is 4.79 Å². The number of aliphatic carboxylic acids is 1. The molecule has 0 fully saturated rings. The van der Waals surface area contributed by atoms with E-state index in [9.17, 15) is 24.3 Å². The number of carboxylic acids is 1. The molecule has 0 aliphatic rings. The number of nitrogens with zero attached hydrogens (tertiary/aromatic N) is 2. The Hall–Kier alpha value is -4.40. The van der Waals surface area contributed by atoms with Crippen molar-refractivity contribution >= 4 is 35.6 Å². The van der Waals surface area contributed by atoms with Gasteiger partial charge < -0.3 is 49.7 Å². The van der Waals surface area contributed by atoms with Crippen molar-refractivity contribution in [3.8, 4) is 0 Å². The maximum absolute atomic E-state index is 13.4. The topological polar surface area (TPSA) is 279 Å². The van der Waals surface area contributed by atoms with Crippen LogP contribution in [-0.2, 0) is 25.6 Å². The van der Waals surface area contributed by atoms with E-state index in [1.807, 2.05) is 13.8 Å². The summed E-state index contributed by atoms with van der Waals surface area (Å²) in [7, 11) is 0. The molecule has 15 nitrogen and oxygen atoms in total. The first kappa shape index (κ1) is 35.6. The van der Waals surface area contributed by atoms with Gasteiger partial charge in [0.15, 0.2) is 11.9 Å². The van der Waals surface area contributed by atoms with Crippen molar-refractivity contribution in [2.75, 3.05) is 13.1 Å². The first-order valence-corrected chi connectivity index (χ1v) is 13.8. The van der Waals surface area contributed by atoms with Gasteiger partial charge in [-0.05, 0) is 43.6 Å². The fourth-order valence-electron chi connectivity index (χ4n) is 4.00. The number of rotatable bonds is 19. The number of carboxylic acid groups (broad SMARTS) is 1. The summed E-state index contributed by atoms with van der Waals surface area (Å²) in [5, 5.41) is 17.6. The van der Waals surface area contributed by atoms with Crippen LogP contribution in [-0.4, -0.2) is 78.0 Å². The quantitative estimate of drug-likeness (QED) is 0.0497. The number of nitrogens with two attached hydrogens (primary N) is 5. The molecule has 0 saturated heterocycles. The average Bonchev–Trinajstić information content (AvgIpc) is 2.91. The molecule has 14 N–H and O–H groups in total. The number of benzene rings is 1. The van der Waals surface area contributed by atoms with E-state index >= 15 is 0 Å². The number of carbonyl (C=O) groups is 4. The van der Waals surface area contributed by atoms with Crippen LogP contribution in [0.25, 0.3) is 0 Å². The third-order valence-corrected chi connectivity index (χ3v) is 6.12. The lowest BCUT2D eigenvalue weighted by Crippen LogP contribution is -2.57. The van der Waals surface area contributed by atoms with Crippen LogP contribution in [0, 0.1) is 5.92 Å². The standard InChI is InChI=1S/C27H46N10O5/c1-16(2)14-20(24(40)37-21(25(41)42)15-17-8-4-3-5-9-17)36-23(39)19(11-7-13-34-27(31)32)35-22(38)18(28)10-6-12-33-26(29)30/h3-5,8-9,16,18-21H,6-7,10-15,28H2,1-2H3,(H,35,38)(H,36,39)(H,37,40)(H,41,42)(H4,29,30,33)(H4,31,32,34)/t18-,19-,20-,21-/m0/s1. The molecular formula is C27H46N10O5. The summed E-state index contributed by atoms with van der Waals surface area (Å²) < 4.78 is 0. The molecule has 4 atom stereocenters. The summed E-state index contributed by atoms with van der Waals surface area (Å²) in [6, 6.07) is 4.61. The minimum atomic E-state index is -1.21. The maximum Gasteiger partial charge on any atom is 0.326 e. The van der Waals surface area contributed by atoms with Crippen LogP contribution in [0.2, 0.25) is 0 Å². The zero-order valence-electron chi connectivity index (χ0n) is 24.3. The van der Waals surface area contributed by atoms with E-state index in [1.54, 1.807) is 30.3 Å². The van der Waals surface area contributed by atoms with Crippen LogP contribution >= 0.6 is 0 Å². The molecule has 0 saturated carbocycles. The van der Waals surface area contributed by atoms with Gasteiger partial charge in [0.25, 0.3) is 0 Å². The van der Waals surface area contributed by atoms with Gasteiger partial charge >= 0.3 is 5.97 Å². The normalized spacial score (nSPS) is 13.6. The van der Waals surface area contributed by atoms with E-state index < -0.39 is 47.9 Å². The molecular weight excluding hydrogens is 544 g/mol. The van der Waals surface area contributed by atoms with Gasteiger partial charge in [0.05, 0.1) is 6.04 Å². The molecule has 0 radical (unpaired) electrons. The van der Waals surface area contributed by atoms with E-state index in [2.05, 4.69) is 25.9 Å². The third kappa shape index (κ3) is 14.8. The van der Waals surface area contributed by atoms with Gasteiger partial charge in [0.2, 0.25) is 17.7 Å². The second-order valence-electron chi connectivity index (χ2n) is 10.3. The predicted molar refractivity (Wildman–Crippen MR) is 161 cm³/mol. The van der Waals surface area contributed by atoms with Gasteiger partial charge in [-0.15, -0.1) is 0 Å². The fourth-order valence-corrected chi connectivity index (χ4v) is 4.00. The van der Waals surface area contributed by atoms with Gasteiger partial charge in [-0.1, -0.05) is 44.2 Å². The monoisotopic (exact) mass is 590 g/mol. The van der Waals surface area contributed by atoms with Gasteiger partial charge in [-0.3, -0.25) is 24.4 Å². The highest BCUT2D eigenvalue weighted by atomic mass is 16.4. The molecule has 1 aromatic carbocycles. The van der Waals surface area contributed by atoms with Crippen LogP contribution in [0.3, 0.4) is 0 Å². The molecule has 1 rings (SSSR count). The second-order valence-corrected chi connectivity index (χ2v) is 10.3. The van der Waals surface area contributed by atoms with E-state index in [-0.39, 0.29) is 50.1 Å². The van der Waals surface area contributed by atoms with Gasteiger partial charge in [-0.2, -0.15) is 0 Å². The lowest BCUT2D eigenvalue weighted by atomic mass is 10.0. The largest absolute Gasteiger partial charge is 0.480 e. The number of amides is 3.